The van der Waals surface area contributed by atoms with Gasteiger partial charge in [-0.2, -0.15) is 0 Å². The molecule has 0 fully saturated rings. The first kappa shape index (κ1) is 28.9. The third kappa shape index (κ3) is 5.58. The maximum Gasteiger partial charge on any atom is 0.572 e. The van der Waals surface area contributed by atoms with E-state index >= 15 is 0 Å². The van der Waals surface area contributed by atoms with Gasteiger partial charge in [0.05, 0.1) is 0 Å². The van der Waals surface area contributed by atoms with Gasteiger partial charge in [-0.3, -0.25) is 0 Å². The minimum Gasteiger partial charge on any atom is -0.395 e. The number of hydrogen-bond acceptors (Lipinski definition) is 4. The lowest BCUT2D eigenvalue weighted by atomic mass is 9.74. The Labute approximate surface area is 220 Å². The van der Waals surface area contributed by atoms with E-state index in [1.165, 1.54) is 19.2 Å². The lowest BCUT2D eigenvalue weighted by Gasteiger charge is -2.36. The molecule has 36 heavy (non-hydrogen) atoms. The lowest BCUT2D eigenvalue weighted by Crippen LogP contribution is -2.24. The van der Waals surface area contributed by atoms with E-state index in [4.69, 9.17) is 13.5 Å². The van der Waals surface area contributed by atoms with Crippen LogP contribution in [0, 0.1) is 0 Å². The molecule has 0 aliphatic carbocycles. The first-order valence-corrected chi connectivity index (χ1v) is 14.5. The molecule has 0 spiro atoms. The molecule has 1 aliphatic heterocycles. The van der Waals surface area contributed by atoms with Crippen LogP contribution in [0.1, 0.15) is 129 Å². The lowest BCUT2D eigenvalue weighted by molar-refractivity contribution is 0.295. The molecule has 0 atom stereocenters. The predicted octanol–water partition coefficient (Wildman–Crippen LogP) is 8.47. The van der Waals surface area contributed by atoms with Crippen LogP contribution >= 0.6 is 7.82 Å². The summed E-state index contributed by atoms with van der Waals surface area (Å²) in [5, 5.41) is 0. The van der Waals surface area contributed by atoms with E-state index in [2.05, 4.69) is 114 Å². The van der Waals surface area contributed by atoms with Crippen LogP contribution in [0.25, 0.3) is 0 Å². The Hall–Kier alpha value is -1.71. The van der Waals surface area contributed by atoms with Crippen molar-refractivity contribution >= 4 is 15.9 Å². The van der Waals surface area contributed by atoms with E-state index in [9.17, 15) is 4.57 Å². The monoisotopic (exact) mass is 512 g/mol. The number of phosphoric acid groups is 1. The van der Waals surface area contributed by atoms with E-state index in [1.807, 2.05) is 0 Å². The summed E-state index contributed by atoms with van der Waals surface area (Å²) >= 11 is 0. The molecule has 0 amide bonds. The van der Waals surface area contributed by atoms with Gasteiger partial charge in [-0.1, -0.05) is 114 Å². The molecular formula is C30H46BO4P. The number of fused-ring (bicyclic) bond motifs is 2. The molecule has 0 saturated heterocycles. The van der Waals surface area contributed by atoms with Crippen molar-refractivity contribution in [3.63, 3.8) is 0 Å². The molecule has 198 valence electrons. The predicted molar refractivity (Wildman–Crippen MR) is 154 cm³/mol. The number of rotatable bonds is 1. The first-order chi connectivity index (χ1) is 16.1. The Morgan fingerprint density at radius 3 is 1.25 bits per heavy atom. The summed E-state index contributed by atoms with van der Waals surface area (Å²) in [6.45, 7) is 28.5. The number of benzene rings is 2. The highest BCUT2D eigenvalue weighted by Gasteiger charge is 2.41. The van der Waals surface area contributed by atoms with Gasteiger partial charge < -0.3 is 13.5 Å². The maximum absolute atomic E-state index is 14.1. The van der Waals surface area contributed by atoms with Crippen molar-refractivity contribution in [2.24, 2.45) is 0 Å². The molecule has 1 aliphatic rings. The third-order valence-electron chi connectivity index (χ3n) is 7.15. The minimum absolute atomic E-state index is 0.0487. The zero-order valence-electron chi connectivity index (χ0n) is 25.0. The van der Waals surface area contributed by atoms with E-state index in [0.29, 0.717) is 11.5 Å². The molecule has 3 rings (SSSR count). The number of phosphoric ester groups is 1. The van der Waals surface area contributed by atoms with Gasteiger partial charge in [0.2, 0.25) is 0 Å². The van der Waals surface area contributed by atoms with E-state index in [1.54, 1.807) is 0 Å². The zero-order chi connectivity index (χ0) is 27.6. The summed E-state index contributed by atoms with van der Waals surface area (Å²) in [7, 11) is -2.57. The molecule has 6 heteroatoms. The van der Waals surface area contributed by atoms with Crippen LogP contribution in [0.4, 0.5) is 0 Å². The van der Waals surface area contributed by atoms with Crippen LogP contribution in [-0.4, -0.2) is 8.05 Å². The average Bonchev–Trinajstić information content (AvgIpc) is 2.69. The molecule has 0 aromatic heterocycles. The molecule has 0 N–H and O–H groups in total. The van der Waals surface area contributed by atoms with Gasteiger partial charge in [-0.25, -0.2) is 4.57 Å². The maximum atomic E-state index is 14.1. The molecular weight excluding hydrogens is 466 g/mol. The van der Waals surface area contributed by atoms with Gasteiger partial charge in [0.1, 0.15) is 11.5 Å². The van der Waals surface area contributed by atoms with Crippen molar-refractivity contribution in [2.45, 2.75) is 118 Å². The van der Waals surface area contributed by atoms with Gasteiger partial charge >= 0.3 is 7.82 Å². The molecule has 0 bridgehead atoms. The van der Waals surface area contributed by atoms with Gasteiger partial charge in [-0.15, -0.1) is 0 Å². The number of hydrogen-bond donors (Lipinski definition) is 0. The Kier molecular flexibility index (Phi) is 7.17. The second-order valence-corrected chi connectivity index (χ2v) is 16.0. The van der Waals surface area contributed by atoms with Crippen LogP contribution < -0.4 is 9.05 Å². The molecule has 4 nitrogen and oxygen atoms in total. The van der Waals surface area contributed by atoms with Crippen molar-refractivity contribution in [3.05, 3.63) is 57.6 Å². The Morgan fingerprint density at radius 1 is 0.667 bits per heavy atom. The van der Waals surface area contributed by atoms with Crippen molar-refractivity contribution < 1.29 is 18.1 Å². The van der Waals surface area contributed by atoms with Crippen molar-refractivity contribution in [1.29, 1.82) is 0 Å². The van der Waals surface area contributed by atoms with Crippen LogP contribution in [0.5, 0.6) is 11.5 Å². The molecule has 1 heterocycles. The summed E-state index contributed by atoms with van der Waals surface area (Å²) in [5.74, 6) is 1.17. The van der Waals surface area contributed by atoms with Crippen molar-refractivity contribution in [3.8, 4) is 11.5 Å². The van der Waals surface area contributed by atoms with E-state index < -0.39 is 7.82 Å². The van der Waals surface area contributed by atoms with Crippen LogP contribution in [0.3, 0.4) is 0 Å². The highest BCUT2D eigenvalue weighted by atomic mass is 31.2. The topological polar surface area (TPSA) is 44.8 Å². The summed E-state index contributed by atoms with van der Waals surface area (Å²) in [6.07, 6.45) is 0. The fourth-order valence-corrected chi connectivity index (χ4v) is 5.66. The second kappa shape index (κ2) is 8.95. The third-order valence-corrected chi connectivity index (χ3v) is 8.41. The average molecular weight is 512 g/mol. The first-order valence-electron chi connectivity index (χ1n) is 13.0. The molecule has 2 aromatic rings. The normalized spacial score (nSPS) is 21.0. The molecule has 0 unspecified atom stereocenters. The van der Waals surface area contributed by atoms with E-state index in [0.717, 1.165) is 22.3 Å². The highest BCUT2D eigenvalue weighted by molar-refractivity contribution is 7.50. The summed E-state index contributed by atoms with van der Waals surface area (Å²) < 4.78 is 32.2. The fraction of sp³-hybridized carbons (Fsp3) is 0.600. The fourth-order valence-electron chi connectivity index (χ4n) is 4.61. The Bertz CT molecular complexity index is 1110. The summed E-state index contributed by atoms with van der Waals surface area (Å²) in [5.41, 5.74) is 5.87. The Balaban J connectivity index is 2.53. The summed E-state index contributed by atoms with van der Waals surface area (Å²) in [6, 6.07) is 8.84. The smallest absolute Gasteiger partial charge is 0.395 e. The Morgan fingerprint density at radius 2 is 1.00 bits per heavy atom. The standard InChI is InChI=1S/C30H46BO4P/c1-18-21-14-19(27(2,3)4)16-23(29(8,9)10)25(21)33-36(32,35-31)34-26-22(18)15-20(28(5,6)7)17-24(26)30(11,12)13/h14-18H,31H2,1-13H3. The minimum atomic E-state index is -3.96. The van der Waals surface area contributed by atoms with Crippen molar-refractivity contribution in [1.82, 2.24) is 0 Å². The SMILES string of the molecule is BOP1(=O)Oc2c(cc(C(C)(C)C)cc2C(C)(C)C)C(C)c2cc(C(C)(C)C)cc(C(C)(C)C)c2O1. The van der Waals surface area contributed by atoms with Crippen molar-refractivity contribution in [2.75, 3.05) is 0 Å². The highest BCUT2D eigenvalue weighted by Crippen LogP contribution is 2.59. The zero-order valence-corrected chi connectivity index (χ0v) is 25.9. The van der Waals surface area contributed by atoms with Crippen LogP contribution in [0.15, 0.2) is 24.3 Å². The van der Waals surface area contributed by atoms with Gasteiger partial charge in [0, 0.05) is 28.2 Å². The second-order valence-electron chi connectivity index (χ2n) is 14.4. The molecule has 0 radical (unpaired) electrons. The van der Waals surface area contributed by atoms with Gasteiger partial charge in [-0.05, 0) is 32.8 Å². The summed E-state index contributed by atoms with van der Waals surface area (Å²) in [4.78, 5) is 0. The van der Waals surface area contributed by atoms with Gasteiger partial charge in [0.15, 0.2) is 0 Å². The quantitative estimate of drug-likeness (QED) is 0.284. The van der Waals surface area contributed by atoms with Crippen LogP contribution in [0.2, 0.25) is 0 Å². The molecule has 0 saturated carbocycles. The molecule has 2 aromatic carbocycles. The van der Waals surface area contributed by atoms with E-state index in [-0.39, 0.29) is 27.6 Å². The van der Waals surface area contributed by atoms with Crippen LogP contribution in [-0.2, 0) is 30.7 Å². The van der Waals surface area contributed by atoms with Gasteiger partial charge in [0.25, 0.3) is 8.05 Å². The largest absolute Gasteiger partial charge is 0.572 e.